The van der Waals surface area contributed by atoms with Crippen molar-refractivity contribution in [1.82, 2.24) is 4.72 Å². The van der Waals surface area contributed by atoms with Gasteiger partial charge in [0.15, 0.2) is 0 Å². The molecule has 2 aromatic rings. The quantitative estimate of drug-likeness (QED) is 0.860. The second-order valence-corrected chi connectivity index (χ2v) is 6.57. The van der Waals surface area contributed by atoms with Crippen LogP contribution in [0.5, 0.6) is 0 Å². The molecule has 1 heterocycles. The first-order valence-corrected chi connectivity index (χ1v) is 8.26. The van der Waals surface area contributed by atoms with E-state index < -0.39 is 22.2 Å². The molecule has 0 saturated heterocycles. The maximum Gasteiger partial charge on any atom is 0.241 e. The number of benzene rings is 1. The zero-order valence-corrected chi connectivity index (χ0v) is 12.8. The van der Waals surface area contributed by atoms with Gasteiger partial charge in [-0.1, -0.05) is 19.1 Å². The van der Waals surface area contributed by atoms with Crippen molar-refractivity contribution in [2.75, 3.05) is 0 Å². The van der Waals surface area contributed by atoms with E-state index in [2.05, 4.69) is 4.72 Å². The van der Waals surface area contributed by atoms with Crippen LogP contribution in [0, 0.1) is 0 Å². The van der Waals surface area contributed by atoms with Crippen LogP contribution in [0.15, 0.2) is 52.0 Å². The van der Waals surface area contributed by atoms with E-state index in [1.165, 1.54) is 18.4 Å². The van der Waals surface area contributed by atoms with Crippen molar-refractivity contribution >= 4 is 10.0 Å². The summed E-state index contributed by atoms with van der Waals surface area (Å²) in [6.45, 7) is 3.55. The van der Waals surface area contributed by atoms with Gasteiger partial charge in [-0.25, -0.2) is 13.1 Å². The highest BCUT2D eigenvalue weighted by Crippen LogP contribution is 2.21. The fraction of sp³-hybridized carbons (Fsp3) is 0.333. The lowest BCUT2D eigenvalue weighted by molar-refractivity contribution is 0.173. The first-order valence-electron chi connectivity index (χ1n) is 6.78. The lowest BCUT2D eigenvalue weighted by Crippen LogP contribution is -2.26. The first-order chi connectivity index (χ1) is 9.94. The Morgan fingerprint density at radius 3 is 2.67 bits per heavy atom. The van der Waals surface area contributed by atoms with E-state index in [-0.39, 0.29) is 4.90 Å². The van der Waals surface area contributed by atoms with Crippen LogP contribution >= 0.6 is 0 Å². The molecule has 0 amide bonds. The predicted molar refractivity (Wildman–Crippen MR) is 79.1 cm³/mol. The molecule has 0 aliphatic carbocycles. The molecule has 2 unspecified atom stereocenters. The molecule has 2 rings (SSSR count). The minimum atomic E-state index is -3.67. The average molecular weight is 309 g/mol. The van der Waals surface area contributed by atoms with E-state index in [1.807, 2.05) is 6.92 Å². The third kappa shape index (κ3) is 3.72. The molecule has 2 N–H and O–H groups in total. The molecule has 114 valence electrons. The van der Waals surface area contributed by atoms with E-state index in [1.54, 1.807) is 31.2 Å². The molecule has 1 aromatic carbocycles. The fourth-order valence-corrected chi connectivity index (χ4v) is 3.29. The second-order valence-electron chi connectivity index (χ2n) is 4.85. The summed E-state index contributed by atoms with van der Waals surface area (Å²) in [7, 11) is -3.67. The van der Waals surface area contributed by atoms with Gasteiger partial charge in [0.2, 0.25) is 10.0 Å². The van der Waals surface area contributed by atoms with Gasteiger partial charge >= 0.3 is 0 Å². The molecular formula is C15H19NO4S. The van der Waals surface area contributed by atoms with Crippen LogP contribution in [-0.2, 0) is 10.0 Å². The van der Waals surface area contributed by atoms with Gasteiger partial charge in [-0.05, 0) is 43.2 Å². The average Bonchev–Trinajstić information content (AvgIpc) is 3.00. The Kier molecular flexibility index (Phi) is 4.82. The third-order valence-electron chi connectivity index (χ3n) is 3.24. The zero-order chi connectivity index (χ0) is 15.5. The number of hydrogen-bond acceptors (Lipinski definition) is 4. The van der Waals surface area contributed by atoms with Crippen molar-refractivity contribution in [2.45, 2.75) is 37.3 Å². The van der Waals surface area contributed by atoms with Crippen LogP contribution < -0.4 is 4.72 Å². The number of aliphatic hydroxyl groups excluding tert-OH is 1. The van der Waals surface area contributed by atoms with Crippen molar-refractivity contribution in [2.24, 2.45) is 0 Å². The largest absolute Gasteiger partial charge is 0.468 e. The molecule has 0 saturated carbocycles. The molecule has 0 aliphatic rings. The monoisotopic (exact) mass is 309 g/mol. The summed E-state index contributed by atoms with van der Waals surface area (Å²) in [6.07, 6.45) is 1.36. The topological polar surface area (TPSA) is 79.5 Å². The molecule has 2 atom stereocenters. The van der Waals surface area contributed by atoms with Gasteiger partial charge in [-0.3, -0.25) is 0 Å². The zero-order valence-electron chi connectivity index (χ0n) is 12.0. The highest BCUT2D eigenvalue weighted by Gasteiger charge is 2.20. The number of sulfonamides is 1. The van der Waals surface area contributed by atoms with Gasteiger partial charge in [-0.15, -0.1) is 0 Å². The Bertz CT molecular complexity index is 679. The van der Waals surface area contributed by atoms with E-state index in [0.717, 1.165) is 0 Å². The number of aliphatic hydroxyl groups is 1. The predicted octanol–water partition coefficient (Wildman–Crippen LogP) is 2.76. The van der Waals surface area contributed by atoms with Crippen molar-refractivity contribution < 1.29 is 17.9 Å². The molecule has 6 heteroatoms. The van der Waals surface area contributed by atoms with Gasteiger partial charge in [0.25, 0.3) is 0 Å². The molecule has 0 spiro atoms. The summed E-state index contributed by atoms with van der Waals surface area (Å²) in [5, 5.41) is 9.82. The van der Waals surface area contributed by atoms with Crippen LogP contribution in [0.25, 0.3) is 0 Å². The molecule has 0 radical (unpaired) electrons. The number of nitrogens with one attached hydrogen (secondary N) is 1. The van der Waals surface area contributed by atoms with Gasteiger partial charge in [0.05, 0.1) is 23.3 Å². The molecule has 21 heavy (non-hydrogen) atoms. The standard InChI is InChI=1S/C15H19NO4S/c1-3-14(17)12-6-4-7-13(10-12)21(18,19)16-11(2)15-8-5-9-20-15/h4-11,14,16-17H,3H2,1-2H3. The molecular weight excluding hydrogens is 290 g/mol. The van der Waals surface area contributed by atoms with Crippen LogP contribution in [0.2, 0.25) is 0 Å². The molecule has 0 aliphatic heterocycles. The van der Waals surface area contributed by atoms with Gasteiger partial charge in [0, 0.05) is 0 Å². The Balaban J connectivity index is 2.23. The molecule has 5 nitrogen and oxygen atoms in total. The van der Waals surface area contributed by atoms with Crippen molar-refractivity contribution in [1.29, 1.82) is 0 Å². The van der Waals surface area contributed by atoms with E-state index in [0.29, 0.717) is 17.7 Å². The van der Waals surface area contributed by atoms with Crippen LogP contribution in [0.4, 0.5) is 0 Å². The Hall–Kier alpha value is -1.63. The van der Waals surface area contributed by atoms with Gasteiger partial charge in [0.1, 0.15) is 5.76 Å². The highest BCUT2D eigenvalue weighted by molar-refractivity contribution is 7.89. The Labute approximate surface area is 124 Å². The number of rotatable bonds is 6. The summed E-state index contributed by atoms with van der Waals surface area (Å²) < 4.78 is 32.5. The first kappa shape index (κ1) is 15.8. The third-order valence-corrected chi connectivity index (χ3v) is 4.78. The van der Waals surface area contributed by atoms with Gasteiger partial charge in [-0.2, -0.15) is 0 Å². The summed E-state index contributed by atoms with van der Waals surface area (Å²) in [4.78, 5) is 0.130. The Morgan fingerprint density at radius 1 is 1.29 bits per heavy atom. The Morgan fingerprint density at radius 2 is 2.05 bits per heavy atom. The SMILES string of the molecule is CCC(O)c1cccc(S(=O)(=O)NC(C)c2ccco2)c1. The normalized spacial score (nSPS) is 14.8. The summed E-state index contributed by atoms with van der Waals surface area (Å²) in [5.41, 5.74) is 0.589. The molecule has 0 bridgehead atoms. The number of hydrogen-bond donors (Lipinski definition) is 2. The van der Waals surface area contributed by atoms with Crippen molar-refractivity contribution in [3.63, 3.8) is 0 Å². The summed E-state index contributed by atoms with van der Waals surface area (Å²) >= 11 is 0. The van der Waals surface area contributed by atoms with E-state index in [4.69, 9.17) is 4.42 Å². The summed E-state index contributed by atoms with van der Waals surface area (Å²) in [6, 6.07) is 9.28. The lowest BCUT2D eigenvalue weighted by atomic mass is 10.1. The minimum absolute atomic E-state index is 0.130. The number of furan rings is 1. The minimum Gasteiger partial charge on any atom is -0.468 e. The maximum absolute atomic E-state index is 12.4. The lowest BCUT2D eigenvalue weighted by Gasteiger charge is -2.14. The van der Waals surface area contributed by atoms with Crippen molar-refractivity contribution in [3.8, 4) is 0 Å². The van der Waals surface area contributed by atoms with Crippen LogP contribution in [0.3, 0.4) is 0 Å². The smallest absolute Gasteiger partial charge is 0.241 e. The fourth-order valence-electron chi connectivity index (χ4n) is 2.02. The van der Waals surface area contributed by atoms with Crippen molar-refractivity contribution in [3.05, 3.63) is 54.0 Å². The van der Waals surface area contributed by atoms with Crippen LogP contribution in [0.1, 0.15) is 43.7 Å². The second kappa shape index (κ2) is 6.43. The molecule has 0 fully saturated rings. The summed E-state index contributed by atoms with van der Waals surface area (Å²) in [5.74, 6) is 0.545. The van der Waals surface area contributed by atoms with E-state index >= 15 is 0 Å². The maximum atomic E-state index is 12.4. The van der Waals surface area contributed by atoms with E-state index in [9.17, 15) is 13.5 Å². The van der Waals surface area contributed by atoms with Crippen LogP contribution in [-0.4, -0.2) is 13.5 Å². The molecule has 1 aromatic heterocycles. The highest BCUT2D eigenvalue weighted by atomic mass is 32.2. The van der Waals surface area contributed by atoms with Gasteiger partial charge < -0.3 is 9.52 Å².